The van der Waals surface area contributed by atoms with Crippen LogP contribution in [0.5, 0.6) is 5.88 Å². The average molecular weight is 255 g/mol. The van der Waals surface area contributed by atoms with Crippen LogP contribution < -0.4 is 0 Å². The fourth-order valence-electron chi connectivity index (χ4n) is 1.51. The topological polar surface area (TPSA) is 30.1 Å². The summed E-state index contributed by atoms with van der Waals surface area (Å²) in [6.07, 6.45) is 1.57. The third-order valence-electron chi connectivity index (χ3n) is 2.44. The summed E-state index contributed by atoms with van der Waals surface area (Å²) in [7, 11) is 1.79. The van der Waals surface area contributed by atoms with Gasteiger partial charge in [-0.1, -0.05) is 17.7 Å². The first-order valence-electron chi connectivity index (χ1n) is 4.74. The molecule has 0 aliphatic rings. The predicted molar refractivity (Wildman–Crippen MR) is 67.0 cm³/mol. The van der Waals surface area contributed by atoms with Crippen molar-refractivity contribution in [2.24, 2.45) is 7.05 Å². The van der Waals surface area contributed by atoms with Crippen LogP contribution in [0.15, 0.2) is 24.4 Å². The molecule has 0 saturated carbocycles. The first-order chi connectivity index (χ1) is 7.50. The Labute approximate surface area is 104 Å². The third kappa shape index (κ3) is 1.74. The summed E-state index contributed by atoms with van der Waals surface area (Å²) >= 11 is 11.2. The lowest BCUT2D eigenvalue weighted by atomic mass is 10.2. The van der Waals surface area contributed by atoms with E-state index in [9.17, 15) is 5.11 Å². The standard InChI is InChI=1S/C11H11ClN2OS/c1-7-3-4-8(5-9(7)12)14-10(15)6-13(2)11(14)16/h3-6,15H,1-2H3. The lowest BCUT2D eigenvalue weighted by Gasteiger charge is -2.06. The molecule has 0 saturated heterocycles. The van der Waals surface area contributed by atoms with E-state index < -0.39 is 0 Å². The molecule has 2 aromatic rings. The minimum Gasteiger partial charge on any atom is -0.493 e. The lowest BCUT2D eigenvalue weighted by molar-refractivity contribution is 0.442. The van der Waals surface area contributed by atoms with Crippen molar-refractivity contribution in [1.29, 1.82) is 0 Å². The molecule has 0 amide bonds. The molecule has 3 nitrogen and oxygen atoms in total. The Hall–Kier alpha value is -1.26. The molecule has 2 rings (SSSR count). The molecule has 0 atom stereocenters. The maximum atomic E-state index is 9.76. The number of imidazole rings is 1. The highest BCUT2D eigenvalue weighted by Crippen LogP contribution is 2.23. The molecule has 16 heavy (non-hydrogen) atoms. The van der Waals surface area contributed by atoms with Crippen LogP contribution in [0.4, 0.5) is 0 Å². The van der Waals surface area contributed by atoms with Gasteiger partial charge in [-0.15, -0.1) is 0 Å². The lowest BCUT2D eigenvalue weighted by Crippen LogP contribution is -1.96. The van der Waals surface area contributed by atoms with E-state index in [2.05, 4.69) is 0 Å². The molecule has 0 radical (unpaired) electrons. The van der Waals surface area contributed by atoms with Crippen molar-refractivity contribution in [2.45, 2.75) is 6.92 Å². The van der Waals surface area contributed by atoms with Crippen LogP contribution in [0, 0.1) is 11.7 Å². The molecule has 0 spiro atoms. The monoisotopic (exact) mass is 254 g/mol. The van der Waals surface area contributed by atoms with Gasteiger partial charge in [0.15, 0.2) is 4.77 Å². The Balaban J connectivity index is 2.68. The highest BCUT2D eigenvalue weighted by molar-refractivity contribution is 7.71. The van der Waals surface area contributed by atoms with Crippen LogP contribution in [0.2, 0.25) is 5.02 Å². The van der Waals surface area contributed by atoms with Gasteiger partial charge in [-0.3, -0.25) is 4.57 Å². The zero-order valence-electron chi connectivity index (χ0n) is 8.94. The molecule has 1 aromatic heterocycles. The van der Waals surface area contributed by atoms with Gasteiger partial charge in [-0.25, -0.2) is 0 Å². The number of hydrogen-bond acceptors (Lipinski definition) is 2. The predicted octanol–water partition coefficient (Wildman–Crippen LogP) is 3.21. The van der Waals surface area contributed by atoms with Crippen molar-refractivity contribution in [3.05, 3.63) is 39.8 Å². The second kappa shape index (κ2) is 3.96. The van der Waals surface area contributed by atoms with E-state index in [0.29, 0.717) is 9.79 Å². The molecular formula is C11H11ClN2OS. The van der Waals surface area contributed by atoms with Crippen molar-refractivity contribution >= 4 is 23.8 Å². The van der Waals surface area contributed by atoms with E-state index in [1.54, 1.807) is 28.4 Å². The third-order valence-corrected chi connectivity index (χ3v) is 3.32. The molecule has 0 unspecified atom stereocenters. The average Bonchev–Trinajstić information content (AvgIpc) is 2.47. The van der Waals surface area contributed by atoms with Gasteiger partial charge >= 0.3 is 0 Å². The number of aromatic nitrogens is 2. The highest BCUT2D eigenvalue weighted by Gasteiger charge is 2.08. The first-order valence-corrected chi connectivity index (χ1v) is 5.53. The van der Waals surface area contributed by atoms with Crippen molar-refractivity contribution in [3.63, 3.8) is 0 Å². The van der Waals surface area contributed by atoms with E-state index in [-0.39, 0.29) is 5.88 Å². The number of rotatable bonds is 1. The van der Waals surface area contributed by atoms with Crippen LogP contribution in [-0.2, 0) is 7.05 Å². The van der Waals surface area contributed by atoms with Crippen LogP contribution in [0.25, 0.3) is 5.69 Å². The molecule has 84 valence electrons. The Morgan fingerprint density at radius 1 is 1.38 bits per heavy atom. The van der Waals surface area contributed by atoms with Gasteiger partial charge in [0.1, 0.15) is 0 Å². The number of nitrogens with zero attached hydrogens (tertiary/aromatic N) is 2. The molecule has 1 aromatic carbocycles. The van der Waals surface area contributed by atoms with Gasteiger partial charge in [0, 0.05) is 12.1 Å². The minimum absolute atomic E-state index is 0.104. The Morgan fingerprint density at radius 3 is 2.56 bits per heavy atom. The maximum Gasteiger partial charge on any atom is 0.214 e. The quantitative estimate of drug-likeness (QED) is 0.792. The summed E-state index contributed by atoms with van der Waals surface area (Å²) in [6.45, 7) is 1.93. The molecule has 0 aliphatic heterocycles. The second-order valence-corrected chi connectivity index (χ2v) is 4.42. The van der Waals surface area contributed by atoms with Crippen LogP contribution in [-0.4, -0.2) is 14.2 Å². The first kappa shape index (κ1) is 11.2. The summed E-state index contributed by atoms with van der Waals surface area (Å²) in [5.74, 6) is 0.104. The second-order valence-electron chi connectivity index (χ2n) is 3.65. The van der Waals surface area contributed by atoms with Gasteiger partial charge in [-0.05, 0) is 36.8 Å². The van der Waals surface area contributed by atoms with E-state index in [1.165, 1.54) is 0 Å². The molecule has 5 heteroatoms. The smallest absolute Gasteiger partial charge is 0.214 e. The number of benzene rings is 1. The number of aromatic hydroxyl groups is 1. The number of halogens is 1. The maximum absolute atomic E-state index is 9.76. The fourth-order valence-corrected chi connectivity index (χ4v) is 1.93. The van der Waals surface area contributed by atoms with Gasteiger partial charge < -0.3 is 9.67 Å². The SMILES string of the molecule is Cc1ccc(-n2c(O)cn(C)c2=S)cc1Cl. The van der Waals surface area contributed by atoms with E-state index >= 15 is 0 Å². The largest absolute Gasteiger partial charge is 0.493 e. The van der Waals surface area contributed by atoms with Crippen molar-refractivity contribution in [1.82, 2.24) is 9.13 Å². The fraction of sp³-hybridized carbons (Fsp3) is 0.182. The number of hydrogen-bond donors (Lipinski definition) is 1. The summed E-state index contributed by atoms with van der Waals surface area (Å²) in [6, 6.07) is 5.55. The highest BCUT2D eigenvalue weighted by atomic mass is 35.5. The zero-order valence-corrected chi connectivity index (χ0v) is 10.5. The van der Waals surface area contributed by atoms with Crippen LogP contribution in [0.3, 0.4) is 0 Å². The Kier molecular flexibility index (Phi) is 2.78. The Morgan fingerprint density at radius 2 is 2.06 bits per heavy atom. The molecule has 1 N–H and O–H groups in total. The number of aryl methyl sites for hydroxylation is 2. The van der Waals surface area contributed by atoms with Gasteiger partial charge in [0.25, 0.3) is 0 Å². The van der Waals surface area contributed by atoms with E-state index in [1.807, 2.05) is 19.1 Å². The van der Waals surface area contributed by atoms with E-state index in [0.717, 1.165) is 11.3 Å². The molecule has 0 bridgehead atoms. The van der Waals surface area contributed by atoms with E-state index in [4.69, 9.17) is 23.8 Å². The summed E-state index contributed by atoms with van der Waals surface area (Å²) in [4.78, 5) is 0. The normalized spacial score (nSPS) is 10.7. The molecular weight excluding hydrogens is 244 g/mol. The van der Waals surface area contributed by atoms with Gasteiger partial charge in [-0.2, -0.15) is 0 Å². The van der Waals surface area contributed by atoms with Gasteiger partial charge in [0.05, 0.1) is 11.9 Å². The molecule has 0 aliphatic carbocycles. The van der Waals surface area contributed by atoms with Gasteiger partial charge in [0.2, 0.25) is 5.88 Å². The van der Waals surface area contributed by atoms with Crippen LogP contribution >= 0.6 is 23.8 Å². The van der Waals surface area contributed by atoms with Crippen molar-refractivity contribution in [3.8, 4) is 11.6 Å². The zero-order chi connectivity index (χ0) is 11.9. The summed E-state index contributed by atoms with van der Waals surface area (Å²) in [5.41, 5.74) is 1.76. The summed E-state index contributed by atoms with van der Waals surface area (Å²) in [5, 5.41) is 10.4. The van der Waals surface area contributed by atoms with Crippen molar-refractivity contribution < 1.29 is 5.11 Å². The Bertz CT molecular complexity index is 601. The minimum atomic E-state index is 0.104. The molecule has 1 heterocycles. The molecule has 0 fully saturated rings. The van der Waals surface area contributed by atoms with Crippen molar-refractivity contribution in [2.75, 3.05) is 0 Å². The summed E-state index contributed by atoms with van der Waals surface area (Å²) < 4.78 is 3.77. The van der Waals surface area contributed by atoms with Crippen LogP contribution in [0.1, 0.15) is 5.56 Å².